The van der Waals surface area contributed by atoms with Crippen LogP contribution in [0.4, 0.5) is 0 Å². The first kappa shape index (κ1) is 10.9. The predicted molar refractivity (Wildman–Crippen MR) is 56.7 cm³/mol. The Morgan fingerprint density at radius 1 is 1.36 bits per heavy atom. The standard InChI is InChI=1S/C12H16O2/c1-9-4-5-10(2)11(8-9)12(13)6-7-14-3/h4-5,8H,6-7H2,1-3H3. The molecule has 0 bridgehead atoms. The second-order valence-corrected chi connectivity index (χ2v) is 3.48. The van der Waals surface area contributed by atoms with Crippen molar-refractivity contribution in [1.29, 1.82) is 0 Å². The summed E-state index contributed by atoms with van der Waals surface area (Å²) in [6.45, 7) is 4.44. The minimum atomic E-state index is 0.160. The van der Waals surface area contributed by atoms with Gasteiger partial charge in [0.15, 0.2) is 5.78 Å². The Labute approximate surface area is 84.9 Å². The molecule has 2 nitrogen and oxygen atoms in total. The van der Waals surface area contributed by atoms with Crippen LogP contribution in [0.5, 0.6) is 0 Å². The van der Waals surface area contributed by atoms with Gasteiger partial charge in [-0.1, -0.05) is 17.7 Å². The van der Waals surface area contributed by atoms with E-state index in [2.05, 4.69) is 0 Å². The Morgan fingerprint density at radius 3 is 2.71 bits per heavy atom. The average molecular weight is 192 g/mol. The number of benzene rings is 1. The first-order valence-electron chi connectivity index (χ1n) is 4.74. The maximum Gasteiger partial charge on any atom is 0.165 e. The highest BCUT2D eigenvalue weighted by atomic mass is 16.5. The van der Waals surface area contributed by atoms with Gasteiger partial charge in [0, 0.05) is 19.1 Å². The van der Waals surface area contributed by atoms with E-state index in [9.17, 15) is 4.79 Å². The molecule has 0 saturated heterocycles. The molecule has 0 heterocycles. The van der Waals surface area contributed by atoms with E-state index in [4.69, 9.17) is 4.74 Å². The number of carbonyl (C=O) groups is 1. The van der Waals surface area contributed by atoms with Crippen LogP contribution in [0.3, 0.4) is 0 Å². The Hall–Kier alpha value is -1.15. The lowest BCUT2D eigenvalue weighted by atomic mass is 10.0. The van der Waals surface area contributed by atoms with Crippen LogP contribution in [0.1, 0.15) is 27.9 Å². The highest BCUT2D eigenvalue weighted by Gasteiger charge is 2.08. The summed E-state index contributed by atoms with van der Waals surface area (Å²) in [6.07, 6.45) is 0.459. The van der Waals surface area contributed by atoms with Gasteiger partial charge in [-0.2, -0.15) is 0 Å². The van der Waals surface area contributed by atoms with Gasteiger partial charge in [0.05, 0.1) is 6.61 Å². The van der Waals surface area contributed by atoms with Crippen molar-refractivity contribution < 1.29 is 9.53 Å². The fourth-order valence-corrected chi connectivity index (χ4v) is 1.37. The lowest BCUT2D eigenvalue weighted by molar-refractivity contribution is 0.0931. The van der Waals surface area contributed by atoms with Crippen LogP contribution in [0.25, 0.3) is 0 Å². The van der Waals surface area contributed by atoms with Gasteiger partial charge in [0.2, 0.25) is 0 Å². The molecular weight excluding hydrogens is 176 g/mol. The van der Waals surface area contributed by atoms with Gasteiger partial charge in [-0.15, -0.1) is 0 Å². The van der Waals surface area contributed by atoms with Crippen LogP contribution in [-0.4, -0.2) is 19.5 Å². The third-order valence-corrected chi connectivity index (χ3v) is 2.23. The Kier molecular flexibility index (Phi) is 3.84. The summed E-state index contributed by atoms with van der Waals surface area (Å²) in [5.41, 5.74) is 2.98. The van der Waals surface area contributed by atoms with Crippen molar-refractivity contribution in [3.8, 4) is 0 Å². The molecule has 76 valence electrons. The van der Waals surface area contributed by atoms with Crippen LogP contribution in [0.2, 0.25) is 0 Å². The Bertz CT molecular complexity index is 329. The summed E-state index contributed by atoms with van der Waals surface area (Å²) >= 11 is 0. The summed E-state index contributed by atoms with van der Waals surface area (Å²) < 4.78 is 4.88. The zero-order chi connectivity index (χ0) is 10.6. The third kappa shape index (κ3) is 2.67. The molecule has 0 aliphatic carbocycles. The highest BCUT2D eigenvalue weighted by Crippen LogP contribution is 2.12. The van der Waals surface area contributed by atoms with E-state index in [1.165, 1.54) is 0 Å². The van der Waals surface area contributed by atoms with Crippen LogP contribution in [0, 0.1) is 13.8 Å². The van der Waals surface area contributed by atoms with E-state index in [-0.39, 0.29) is 5.78 Å². The maximum atomic E-state index is 11.7. The number of hydrogen-bond donors (Lipinski definition) is 0. The predicted octanol–water partition coefficient (Wildman–Crippen LogP) is 2.52. The molecule has 0 fully saturated rings. The zero-order valence-corrected chi connectivity index (χ0v) is 8.96. The van der Waals surface area contributed by atoms with Gasteiger partial charge in [-0.05, 0) is 25.5 Å². The number of ketones is 1. The van der Waals surface area contributed by atoms with E-state index in [0.29, 0.717) is 13.0 Å². The van der Waals surface area contributed by atoms with E-state index in [1.807, 2.05) is 32.0 Å². The number of methoxy groups -OCH3 is 1. The van der Waals surface area contributed by atoms with Gasteiger partial charge in [-0.3, -0.25) is 4.79 Å². The molecule has 1 rings (SSSR count). The van der Waals surface area contributed by atoms with E-state index >= 15 is 0 Å². The molecule has 0 N–H and O–H groups in total. The van der Waals surface area contributed by atoms with Crippen LogP contribution in [0.15, 0.2) is 18.2 Å². The second-order valence-electron chi connectivity index (χ2n) is 3.48. The number of Topliss-reactive ketones (excluding diaryl/α,β-unsaturated/α-hetero) is 1. The van der Waals surface area contributed by atoms with Crippen LogP contribution in [-0.2, 0) is 4.74 Å². The molecule has 0 saturated carbocycles. The van der Waals surface area contributed by atoms with Crippen LogP contribution >= 0.6 is 0 Å². The summed E-state index contributed by atoms with van der Waals surface area (Å²) in [5, 5.41) is 0. The minimum absolute atomic E-state index is 0.160. The summed E-state index contributed by atoms with van der Waals surface area (Å²) in [5.74, 6) is 0.160. The lowest BCUT2D eigenvalue weighted by Crippen LogP contribution is -2.05. The molecule has 0 atom stereocenters. The number of rotatable bonds is 4. The number of carbonyl (C=O) groups excluding carboxylic acids is 1. The van der Waals surface area contributed by atoms with Crippen molar-refractivity contribution in [2.24, 2.45) is 0 Å². The number of hydrogen-bond acceptors (Lipinski definition) is 2. The van der Waals surface area contributed by atoms with Gasteiger partial charge in [0.25, 0.3) is 0 Å². The Balaban J connectivity index is 2.83. The van der Waals surface area contributed by atoms with Gasteiger partial charge < -0.3 is 4.74 Å². The SMILES string of the molecule is COCCC(=O)c1cc(C)ccc1C. The van der Waals surface area contributed by atoms with Crippen LogP contribution < -0.4 is 0 Å². The van der Waals surface area contributed by atoms with Gasteiger partial charge in [-0.25, -0.2) is 0 Å². The number of aryl methyl sites for hydroxylation is 2. The third-order valence-electron chi connectivity index (χ3n) is 2.23. The molecule has 0 aliphatic rings. The molecule has 1 aromatic rings. The molecule has 0 unspecified atom stereocenters. The Morgan fingerprint density at radius 2 is 2.07 bits per heavy atom. The summed E-state index contributed by atoms with van der Waals surface area (Å²) in [6, 6.07) is 5.94. The number of ether oxygens (including phenoxy) is 1. The summed E-state index contributed by atoms with van der Waals surface area (Å²) in [4.78, 5) is 11.7. The van der Waals surface area contributed by atoms with Crippen molar-refractivity contribution in [1.82, 2.24) is 0 Å². The largest absolute Gasteiger partial charge is 0.384 e. The van der Waals surface area contributed by atoms with Gasteiger partial charge in [0.1, 0.15) is 0 Å². The second kappa shape index (κ2) is 4.91. The quantitative estimate of drug-likeness (QED) is 0.685. The molecule has 2 heteroatoms. The van der Waals surface area contributed by atoms with E-state index in [0.717, 1.165) is 16.7 Å². The monoisotopic (exact) mass is 192 g/mol. The lowest BCUT2D eigenvalue weighted by Gasteiger charge is -2.05. The smallest absolute Gasteiger partial charge is 0.165 e. The van der Waals surface area contributed by atoms with Crippen molar-refractivity contribution in [2.45, 2.75) is 20.3 Å². The molecule has 0 spiro atoms. The molecule has 0 aromatic heterocycles. The molecule has 0 aliphatic heterocycles. The van der Waals surface area contributed by atoms with Crippen molar-refractivity contribution in [3.05, 3.63) is 34.9 Å². The van der Waals surface area contributed by atoms with Gasteiger partial charge >= 0.3 is 0 Å². The first-order valence-corrected chi connectivity index (χ1v) is 4.74. The average Bonchev–Trinajstić information content (AvgIpc) is 2.18. The molecule has 1 aromatic carbocycles. The fourth-order valence-electron chi connectivity index (χ4n) is 1.37. The maximum absolute atomic E-state index is 11.7. The molecular formula is C12H16O2. The van der Waals surface area contributed by atoms with Crippen molar-refractivity contribution in [3.63, 3.8) is 0 Å². The minimum Gasteiger partial charge on any atom is -0.384 e. The normalized spacial score (nSPS) is 10.2. The molecule has 14 heavy (non-hydrogen) atoms. The zero-order valence-electron chi connectivity index (χ0n) is 8.96. The summed E-state index contributed by atoms with van der Waals surface area (Å²) in [7, 11) is 1.61. The van der Waals surface area contributed by atoms with Crippen molar-refractivity contribution in [2.75, 3.05) is 13.7 Å². The molecule has 0 radical (unpaired) electrons. The van der Waals surface area contributed by atoms with E-state index in [1.54, 1.807) is 7.11 Å². The fraction of sp³-hybridized carbons (Fsp3) is 0.417. The topological polar surface area (TPSA) is 26.3 Å². The first-order chi connectivity index (χ1) is 6.65. The van der Waals surface area contributed by atoms with Crippen molar-refractivity contribution >= 4 is 5.78 Å². The highest BCUT2D eigenvalue weighted by molar-refractivity contribution is 5.97. The van der Waals surface area contributed by atoms with E-state index < -0.39 is 0 Å². The molecule has 0 amide bonds.